The highest BCUT2D eigenvalue weighted by Gasteiger charge is 1.97. The summed E-state index contributed by atoms with van der Waals surface area (Å²) < 4.78 is 12.8. The van der Waals surface area contributed by atoms with Gasteiger partial charge in [-0.05, 0) is 50.7 Å². The van der Waals surface area contributed by atoms with Gasteiger partial charge in [-0.1, -0.05) is 99.3 Å². The first kappa shape index (κ1) is 33.4. The number of carbonyl (C=O) groups excluding carboxylic acids is 1. The number of carbonyl (C=O) groups is 1. The maximum absolute atomic E-state index is 12.8. The van der Waals surface area contributed by atoms with Crippen molar-refractivity contribution in [2.75, 3.05) is 0 Å². The summed E-state index contributed by atoms with van der Waals surface area (Å²) in [6.07, 6.45) is 4.73. The molecular weight excluding hydrogens is 335 g/mol. The molecule has 0 bridgehead atoms. The molecule has 0 aliphatic carbocycles. The van der Waals surface area contributed by atoms with Gasteiger partial charge in [0.1, 0.15) is 11.6 Å². The second-order valence-electron chi connectivity index (χ2n) is 7.98. The van der Waals surface area contributed by atoms with Crippen molar-refractivity contribution in [3.63, 3.8) is 0 Å². The highest BCUT2D eigenvalue weighted by molar-refractivity contribution is 5.72. The van der Waals surface area contributed by atoms with E-state index in [0.29, 0.717) is 0 Å². The summed E-state index contributed by atoms with van der Waals surface area (Å²) in [7, 11) is 0. The van der Waals surface area contributed by atoms with Crippen molar-refractivity contribution in [2.45, 2.75) is 109 Å². The van der Waals surface area contributed by atoms with Gasteiger partial charge >= 0.3 is 0 Å². The molecule has 0 radical (unpaired) electrons. The van der Waals surface area contributed by atoms with Gasteiger partial charge < -0.3 is 4.79 Å². The van der Waals surface area contributed by atoms with Crippen LogP contribution in [0.2, 0.25) is 0 Å². The Labute approximate surface area is 171 Å². The fraction of sp³-hybridized carbons (Fsp3) is 0.720. The standard InChI is InChI=1S/C9H11F.C6H14.C4H10.C3H6O.C3H8/c1-3-8-6-7(2)4-5-9(8)10;1-4-5-6(2)3;1-4(2)3;1-3(2)4;1-3-2/h4-6H,3H2,1-2H3;6H,4-5H2,1-3H3;4H,1-3H3;1-2H3;3H2,1-2H3. The molecule has 1 rings (SSSR count). The summed E-state index contributed by atoms with van der Waals surface area (Å²) in [5, 5.41) is 0. The van der Waals surface area contributed by atoms with E-state index < -0.39 is 0 Å². The van der Waals surface area contributed by atoms with Crippen molar-refractivity contribution in [3.05, 3.63) is 35.1 Å². The lowest BCUT2D eigenvalue weighted by molar-refractivity contribution is -0.114. The number of halogens is 1. The second-order valence-corrected chi connectivity index (χ2v) is 7.98. The highest BCUT2D eigenvalue weighted by Crippen LogP contribution is 2.09. The number of benzene rings is 1. The molecule has 0 saturated carbocycles. The Kier molecular flexibility index (Phi) is 30.7. The Morgan fingerprint density at radius 2 is 1.33 bits per heavy atom. The molecule has 1 nitrogen and oxygen atoms in total. The van der Waals surface area contributed by atoms with Gasteiger partial charge in [0.2, 0.25) is 0 Å². The van der Waals surface area contributed by atoms with Gasteiger partial charge in [-0.2, -0.15) is 0 Å². The van der Waals surface area contributed by atoms with E-state index in [-0.39, 0.29) is 11.6 Å². The fourth-order valence-electron chi connectivity index (χ4n) is 1.55. The lowest BCUT2D eigenvalue weighted by atomic mass is 10.1. The van der Waals surface area contributed by atoms with E-state index in [4.69, 9.17) is 0 Å². The predicted octanol–water partition coefficient (Wildman–Crippen LogP) is 8.81. The van der Waals surface area contributed by atoms with Crippen LogP contribution in [-0.4, -0.2) is 5.78 Å². The Morgan fingerprint density at radius 1 is 0.963 bits per heavy atom. The van der Waals surface area contributed by atoms with Crippen LogP contribution >= 0.6 is 0 Å². The number of Topliss-reactive ketones (excluding diaryl/α,β-unsaturated/α-hetero) is 1. The zero-order valence-corrected chi connectivity index (χ0v) is 20.5. The van der Waals surface area contributed by atoms with Crippen molar-refractivity contribution in [2.24, 2.45) is 11.8 Å². The summed E-state index contributed by atoms with van der Waals surface area (Å²) in [5.41, 5.74) is 1.93. The molecule has 1 aromatic carbocycles. The quantitative estimate of drug-likeness (QED) is 0.508. The van der Waals surface area contributed by atoms with Crippen LogP contribution in [0, 0.1) is 24.6 Å². The van der Waals surface area contributed by atoms with Gasteiger partial charge in [0.25, 0.3) is 0 Å². The molecule has 0 aromatic heterocycles. The fourth-order valence-corrected chi connectivity index (χ4v) is 1.55. The number of ketones is 1. The number of hydrogen-bond acceptors (Lipinski definition) is 1. The van der Waals surface area contributed by atoms with E-state index in [9.17, 15) is 9.18 Å². The monoisotopic (exact) mass is 384 g/mol. The van der Waals surface area contributed by atoms with Gasteiger partial charge in [-0.15, -0.1) is 0 Å². The van der Waals surface area contributed by atoms with Crippen LogP contribution in [0.1, 0.15) is 107 Å². The van der Waals surface area contributed by atoms with E-state index in [1.165, 1.54) is 39.2 Å². The summed E-state index contributed by atoms with van der Waals surface area (Å²) in [6.45, 7) is 24.5. The zero-order chi connectivity index (χ0) is 22.4. The maximum atomic E-state index is 12.8. The predicted molar refractivity (Wildman–Crippen MR) is 123 cm³/mol. The first-order valence-corrected chi connectivity index (χ1v) is 10.6. The van der Waals surface area contributed by atoms with Gasteiger partial charge in [0.15, 0.2) is 0 Å². The van der Waals surface area contributed by atoms with Crippen LogP contribution < -0.4 is 0 Å². The molecule has 27 heavy (non-hydrogen) atoms. The third-order valence-corrected chi connectivity index (χ3v) is 2.45. The lowest BCUT2D eigenvalue weighted by Gasteiger charge is -1.99. The molecule has 162 valence electrons. The van der Waals surface area contributed by atoms with Gasteiger partial charge in [-0.25, -0.2) is 4.39 Å². The SMILES string of the molecule is CC(C)=O.CC(C)C.CCC.CCCC(C)C.CCc1cc(C)ccc1F. The zero-order valence-electron chi connectivity index (χ0n) is 20.5. The van der Waals surface area contributed by atoms with E-state index in [0.717, 1.165) is 29.4 Å². The molecule has 0 fully saturated rings. The van der Waals surface area contributed by atoms with Crippen LogP contribution in [-0.2, 0) is 11.2 Å². The van der Waals surface area contributed by atoms with Crippen LogP contribution in [0.25, 0.3) is 0 Å². The second kappa shape index (κ2) is 24.8. The molecule has 0 spiro atoms. The van der Waals surface area contributed by atoms with E-state index in [2.05, 4.69) is 55.4 Å². The van der Waals surface area contributed by atoms with Crippen LogP contribution in [0.3, 0.4) is 0 Å². The van der Waals surface area contributed by atoms with Crippen LogP contribution in [0.4, 0.5) is 4.39 Å². The minimum atomic E-state index is -0.0897. The van der Waals surface area contributed by atoms with Crippen LogP contribution in [0.5, 0.6) is 0 Å². The molecule has 0 amide bonds. The maximum Gasteiger partial charge on any atom is 0.126 e. The van der Waals surface area contributed by atoms with Gasteiger partial charge in [-0.3, -0.25) is 0 Å². The number of rotatable bonds is 3. The summed E-state index contributed by atoms with van der Waals surface area (Å²) in [4.78, 5) is 9.44. The molecule has 0 aliphatic rings. The largest absolute Gasteiger partial charge is 0.300 e. The molecule has 0 unspecified atom stereocenters. The summed E-state index contributed by atoms with van der Waals surface area (Å²) >= 11 is 0. The van der Waals surface area contributed by atoms with Crippen molar-refractivity contribution in [1.82, 2.24) is 0 Å². The topological polar surface area (TPSA) is 17.1 Å². The first-order chi connectivity index (χ1) is 12.4. The Hall–Kier alpha value is -1.18. The Morgan fingerprint density at radius 3 is 1.52 bits per heavy atom. The molecule has 0 N–H and O–H groups in total. The summed E-state index contributed by atoms with van der Waals surface area (Å²) in [6, 6.07) is 5.19. The third kappa shape index (κ3) is 45.7. The summed E-state index contributed by atoms with van der Waals surface area (Å²) in [5.74, 6) is 1.81. The van der Waals surface area contributed by atoms with Crippen molar-refractivity contribution in [3.8, 4) is 0 Å². The van der Waals surface area contributed by atoms with Gasteiger partial charge in [0.05, 0.1) is 0 Å². The molecule has 0 saturated heterocycles. The number of hydrogen-bond donors (Lipinski definition) is 0. The first-order valence-electron chi connectivity index (χ1n) is 10.6. The molecule has 0 atom stereocenters. The van der Waals surface area contributed by atoms with E-state index in [1.807, 2.05) is 19.9 Å². The number of aryl methyl sites for hydroxylation is 2. The normalized spacial score (nSPS) is 8.85. The highest BCUT2D eigenvalue weighted by atomic mass is 19.1. The smallest absolute Gasteiger partial charge is 0.126 e. The third-order valence-electron chi connectivity index (χ3n) is 2.45. The van der Waals surface area contributed by atoms with Crippen molar-refractivity contribution < 1.29 is 9.18 Å². The minimum Gasteiger partial charge on any atom is -0.300 e. The lowest BCUT2D eigenvalue weighted by Crippen LogP contribution is -1.87. The Bertz CT molecular complexity index is 416. The average Bonchev–Trinajstić information content (AvgIpc) is 2.50. The average molecular weight is 385 g/mol. The van der Waals surface area contributed by atoms with Gasteiger partial charge in [0, 0.05) is 0 Å². The van der Waals surface area contributed by atoms with Crippen LogP contribution in [0.15, 0.2) is 18.2 Å². The van der Waals surface area contributed by atoms with Crippen molar-refractivity contribution in [1.29, 1.82) is 0 Å². The van der Waals surface area contributed by atoms with E-state index in [1.54, 1.807) is 6.07 Å². The molecule has 1 aromatic rings. The molecular formula is C25H49FO. The van der Waals surface area contributed by atoms with E-state index >= 15 is 0 Å². The minimum absolute atomic E-state index is 0.0897. The van der Waals surface area contributed by atoms with Crippen molar-refractivity contribution >= 4 is 5.78 Å². The molecule has 0 heterocycles. The Balaban J connectivity index is -0.000000135. The molecule has 0 aliphatic heterocycles. The molecule has 2 heteroatoms.